The first-order valence-electron chi connectivity index (χ1n) is 6.98. The molecule has 5 heteroatoms. The van der Waals surface area contributed by atoms with Gasteiger partial charge in [-0.25, -0.2) is 0 Å². The Labute approximate surface area is 132 Å². The van der Waals surface area contributed by atoms with E-state index in [1.807, 2.05) is 35.2 Å². The molecule has 0 atom stereocenters. The minimum Gasteiger partial charge on any atom is -0.451 e. The van der Waals surface area contributed by atoms with Crippen LogP contribution < -0.4 is 0 Å². The van der Waals surface area contributed by atoms with Crippen molar-refractivity contribution in [2.24, 2.45) is 0 Å². The second-order valence-electron chi connectivity index (χ2n) is 5.24. The third-order valence-electron chi connectivity index (χ3n) is 3.75. The number of carbonyl (C=O) groups excluding carboxylic acids is 1. The molecule has 1 saturated heterocycles. The first-order valence-corrected chi connectivity index (χ1v) is 7.77. The molecule has 2 heterocycles. The van der Waals surface area contributed by atoms with Crippen LogP contribution in [0.2, 0.25) is 0 Å². The molecule has 1 aliphatic rings. The van der Waals surface area contributed by atoms with Gasteiger partial charge >= 0.3 is 0 Å². The van der Waals surface area contributed by atoms with Gasteiger partial charge < -0.3 is 14.2 Å². The Morgan fingerprint density at radius 2 is 1.81 bits per heavy atom. The lowest BCUT2D eigenvalue weighted by molar-refractivity contribution is 0.0633. The Morgan fingerprint density at radius 3 is 2.52 bits per heavy atom. The largest absolute Gasteiger partial charge is 0.451 e. The summed E-state index contributed by atoms with van der Waals surface area (Å²) < 4.78 is 6.71. The van der Waals surface area contributed by atoms with Crippen LogP contribution in [0.15, 0.2) is 45.3 Å². The van der Waals surface area contributed by atoms with Crippen molar-refractivity contribution < 1.29 is 9.21 Å². The van der Waals surface area contributed by atoms with Crippen LogP contribution >= 0.6 is 15.9 Å². The van der Waals surface area contributed by atoms with Crippen molar-refractivity contribution >= 4 is 21.8 Å². The second-order valence-corrected chi connectivity index (χ2v) is 6.09. The summed E-state index contributed by atoms with van der Waals surface area (Å²) in [7, 11) is 2.07. The van der Waals surface area contributed by atoms with E-state index in [0.717, 1.165) is 36.2 Å². The highest BCUT2D eigenvalue weighted by Gasteiger charge is 2.23. The minimum absolute atomic E-state index is 0.0265. The summed E-state index contributed by atoms with van der Waals surface area (Å²) in [6, 6.07) is 11.4. The van der Waals surface area contributed by atoms with E-state index in [1.165, 1.54) is 0 Å². The van der Waals surface area contributed by atoms with Gasteiger partial charge in [-0.1, -0.05) is 34.1 Å². The molecule has 0 unspecified atom stereocenters. The molecule has 4 nitrogen and oxygen atoms in total. The Bertz CT molecular complexity index is 645. The number of piperazine rings is 1. The van der Waals surface area contributed by atoms with Gasteiger partial charge in [-0.15, -0.1) is 0 Å². The molecule has 1 amide bonds. The van der Waals surface area contributed by atoms with E-state index in [0.29, 0.717) is 11.5 Å². The summed E-state index contributed by atoms with van der Waals surface area (Å²) in [5.41, 5.74) is 0.954. The summed E-state index contributed by atoms with van der Waals surface area (Å²) in [6.07, 6.45) is 0. The van der Waals surface area contributed by atoms with Crippen molar-refractivity contribution in [2.45, 2.75) is 0 Å². The second kappa shape index (κ2) is 6.03. The van der Waals surface area contributed by atoms with Gasteiger partial charge in [0, 0.05) is 36.2 Å². The van der Waals surface area contributed by atoms with Gasteiger partial charge in [0.25, 0.3) is 5.91 Å². The fraction of sp³-hybridized carbons (Fsp3) is 0.312. The lowest BCUT2D eigenvalue weighted by atomic mass is 10.2. The first-order chi connectivity index (χ1) is 10.1. The normalized spacial score (nSPS) is 16.2. The lowest BCUT2D eigenvalue weighted by Gasteiger charge is -2.31. The number of benzene rings is 1. The molecule has 110 valence electrons. The summed E-state index contributed by atoms with van der Waals surface area (Å²) >= 11 is 3.50. The molecule has 2 aromatic rings. The van der Waals surface area contributed by atoms with Crippen LogP contribution in [0.1, 0.15) is 10.6 Å². The molecular formula is C16H17BrN2O2. The molecule has 1 fully saturated rings. The van der Waals surface area contributed by atoms with Gasteiger partial charge in [0.1, 0.15) is 5.76 Å². The van der Waals surface area contributed by atoms with Crippen molar-refractivity contribution in [2.75, 3.05) is 33.2 Å². The number of furan rings is 1. The molecule has 1 aromatic carbocycles. The summed E-state index contributed by atoms with van der Waals surface area (Å²) in [4.78, 5) is 16.5. The van der Waals surface area contributed by atoms with E-state index < -0.39 is 0 Å². The van der Waals surface area contributed by atoms with Gasteiger partial charge in [-0.05, 0) is 25.2 Å². The van der Waals surface area contributed by atoms with Crippen molar-refractivity contribution in [1.82, 2.24) is 9.80 Å². The van der Waals surface area contributed by atoms with Crippen LogP contribution in [0.3, 0.4) is 0 Å². The van der Waals surface area contributed by atoms with Gasteiger partial charge in [0.15, 0.2) is 5.76 Å². The van der Waals surface area contributed by atoms with E-state index in [2.05, 4.69) is 27.9 Å². The average Bonchev–Trinajstić information content (AvgIpc) is 2.97. The minimum atomic E-state index is -0.0265. The van der Waals surface area contributed by atoms with Gasteiger partial charge in [-0.2, -0.15) is 0 Å². The molecule has 0 bridgehead atoms. The smallest absolute Gasteiger partial charge is 0.289 e. The van der Waals surface area contributed by atoms with Crippen molar-refractivity contribution in [3.63, 3.8) is 0 Å². The highest BCUT2D eigenvalue weighted by atomic mass is 79.9. The lowest BCUT2D eigenvalue weighted by Crippen LogP contribution is -2.47. The Balaban J connectivity index is 1.79. The monoisotopic (exact) mass is 348 g/mol. The summed E-state index contributed by atoms with van der Waals surface area (Å²) in [5, 5.41) is 0. The predicted octanol–water partition coefficient (Wildman–Crippen LogP) is 3.10. The maximum atomic E-state index is 12.4. The summed E-state index contributed by atoms with van der Waals surface area (Å²) in [6.45, 7) is 3.31. The molecule has 0 aliphatic carbocycles. The number of likely N-dealkylation sites (N-methyl/N-ethyl adjacent to an activating group) is 1. The van der Waals surface area contributed by atoms with E-state index in [9.17, 15) is 4.79 Å². The maximum Gasteiger partial charge on any atom is 0.289 e. The molecule has 0 N–H and O–H groups in total. The quantitative estimate of drug-likeness (QED) is 0.836. The Morgan fingerprint density at radius 1 is 1.10 bits per heavy atom. The fourth-order valence-electron chi connectivity index (χ4n) is 2.42. The van der Waals surface area contributed by atoms with Crippen molar-refractivity contribution in [3.8, 4) is 11.3 Å². The number of halogens is 1. The number of nitrogens with zero attached hydrogens (tertiary/aromatic N) is 2. The van der Waals surface area contributed by atoms with Crippen LogP contribution in [-0.4, -0.2) is 48.9 Å². The Kier molecular flexibility index (Phi) is 4.12. The SMILES string of the molecule is CN1CCN(C(=O)c2ccc(-c3ccccc3Br)o2)CC1. The van der Waals surface area contributed by atoms with Gasteiger partial charge in [-0.3, -0.25) is 4.79 Å². The van der Waals surface area contributed by atoms with Gasteiger partial charge in [0.2, 0.25) is 0 Å². The number of amides is 1. The molecule has 21 heavy (non-hydrogen) atoms. The topological polar surface area (TPSA) is 36.7 Å². The number of hydrogen-bond acceptors (Lipinski definition) is 3. The van der Waals surface area contributed by atoms with Crippen LogP contribution in [0.4, 0.5) is 0 Å². The van der Waals surface area contributed by atoms with Crippen LogP contribution in [0, 0.1) is 0 Å². The molecule has 0 radical (unpaired) electrons. The molecule has 1 aromatic heterocycles. The number of rotatable bonds is 2. The third-order valence-corrected chi connectivity index (χ3v) is 4.44. The molecular weight excluding hydrogens is 332 g/mol. The third kappa shape index (κ3) is 3.04. The van der Waals surface area contributed by atoms with E-state index >= 15 is 0 Å². The van der Waals surface area contributed by atoms with Crippen LogP contribution in [-0.2, 0) is 0 Å². The fourth-order valence-corrected chi connectivity index (χ4v) is 2.90. The zero-order chi connectivity index (χ0) is 14.8. The highest BCUT2D eigenvalue weighted by Crippen LogP contribution is 2.29. The van der Waals surface area contributed by atoms with Crippen LogP contribution in [0.5, 0.6) is 0 Å². The molecule has 0 saturated carbocycles. The zero-order valence-electron chi connectivity index (χ0n) is 11.9. The molecule has 0 spiro atoms. The Hall–Kier alpha value is -1.59. The molecule has 3 rings (SSSR count). The molecule has 1 aliphatic heterocycles. The first kappa shape index (κ1) is 14.4. The average molecular weight is 349 g/mol. The summed E-state index contributed by atoms with van der Waals surface area (Å²) in [5.74, 6) is 1.09. The highest BCUT2D eigenvalue weighted by molar-refractivity contribution is 9.10. The van der Waals surface area contributed by atoms with Crippen molar-refractivity contribution in [1.29, 1.82) is 0 Å². The predicted molar refractivity (Wildman–Crippen MR) is 85.2 cm³/mol. The van der Waals surface area contributed by atoms with Crippen LogP contribution in [0.25, 0.3) is 11.3 Å². The van der Waals surface area contributed by atoms with E-state index in [4.69, 9.17) is 4.42 Å². The zero-order valence-corrected chi connectivity index (χ0v) is 13.5. The van der Waals surface area contributed by atoms with Gasteiger partial charge in [0.05, 0.1) is 0 Å². The van der Waals surface area contributed by atoms with E-state index in [-0.39, 0.29) is 5.91 Å². The number of carbonyl (C=O) groups is 1. The standard InChI is InChI=1S/C16H17BrN2O2/c1-18-8-10-19(11-9-18)16(20)15-7-6-14(21-15)12-4-2-3-5-13(12)17/h2-7H,8-11H2,1H3. The maximum absolute atomic E-state index is 12.4. The van der Waals surface area contributed by atoms with E-state index in [1.54, 1.807) is 6.07 Å². The van der Waals surface area contributed by atoms with Crippen molar-refractivity contribution in [3.05, 3.63) is 46.6 Å². The number of hydrogen-bond donors (Lipinski definition) is 0.